The standard InChI is InChI=1S/C28H27NO6/c1-18-7-10-25(13-19(18)2)35-23-11-8-22(9-12-23)29-16-21(15-27(29)31)28(32)34-17-26(30)20-5-4-6-24(14-20)33-3/h4-14,21H,15-17H2,1-3H3. The first kappa shape index (κ1) is 24.0. The molecule has 0 aromatic heterocycles. The molecule has 4 rings (SSSR count). The van der Waals surface area contributed by atoms with E-state index in [2.05, 4.69) is 0 Å². The fourth-order valence-corrected chi connectivity index (χ4v) is 3.86. The van der Waals surface area contributed by atoms with Crippen molar-refractivity contribution in [3.63, 3.8) is 0 Å². The smallest absolute Gasteiger partial charge is 0.311 e. The van der Waals surface area contributed by atoms with Gasteiger partial charge in [0, 0.05) is 24.2 Å². The Labute approximate surface area is 204 Å². The maximum absolute atomic E-state index is 12.6. The van der Waals surface area contributed by atoms with Crippen molar-refractivity contribution in [2.75, 3.05) is 25.2 Å². The van der Waals surface area contributed by atoms with Gasteiger partial charge in [0.15, 0.2) is 12.4 Å². The Morgan fingerprint density at radius 2 is 1.66 bits per heavy atom. The van der Waals surface area contributed by atoms with Crippen molar-refractivity contribution >= 4 is 23.3 Å². The summed E-state index contributed by atoms with van der Waals surface area (Å²) >= 11 is 0. The van der Waals surface area contributed by atoms with Crippen LogP contribution in [0, 0.1) is 19.8 Å². The molecule has 1 atom stereocenters. The summed E-state index contributed by atoms with van der Waals surface area (Å²) in [7, 11) is 1.51. The number of nitrogens with zero attached hydrogens (tertiary/aromatic N) is 1. The van der Waals surface area contributed by atoms with Gasteiger partial charge in [0.1, 0.15) is 17.2 Å². The number of esters is 1. The van der Waals surface area contributed by atoms with Crippen LogP contribution in [0.2, 0.25) is 0 Å². The molecule has 1 unspecified atom stereocenters. The average Bonchev–Trinajstić information content (AvgIpc) is 3.26. The lowest BCUT2D eigenvalue weighted by Gasteiger charge is -2.17. The van der Waals surface area contributed by atoms with Crippen molar-refractivity contribution in [2.45, 2.75) is 20.3 Å². The summed E-state index contributed by atoms with van der Waals surface area (Å²) in [5, 5.41) is 0. The predicted molar refractivity (Wildman–Crippen MR) is 131 cm³/mol. The molecule has 0 aliphatic carbocycles. The number of Topliss-reactive ketones (excluding diaryl/α,β-unsaturated/α-hetero) is 1. The van der Waals surface area contributed by atoms with Crippen LogP contribution in [0.25, 0.3) is 0 Å². The minimum atomic E-state index is -0.632. The van der Waals surface area contributed by atoms with Crippen molar-refractivity contribution in [3.8, 4) is 17.2 Å². The molecule has 7 nitrogen and oxygen atoms in total. The summed E-state index contributed by atoms with van der Waals surface area (Å²) in [6.45, 7) is 3.88. The van der Waals surface area contributed by atoms with Gasteiger partial charge in [-0.2, -0.15) is 0 Å². The van der Waals surface area contributed by atoms with Gasteiger partial charge in [-0.15, -0.1) is 0 Å². The SMILES string of the molecule is COc1cccc(C(=O)COC(=O)C2CC(=O)N(c3ccc(Oc4ccc(C)c(C)c4)cc3)C2)c1. The van der Waals surface area contributed by atoms with Gasteiger partial charge in [0.25, 0.3) is 0 Å². The predicted octanol–water partition coefficient (Wildman–Crippen LogP) is 4.88. The van der Waals surface area contributed by atoms with E-state index in [9.17, 15) is 14.4 Å². The second kappa shape index (κ2) is 10.4. The molecule has 1 amide bonds. The highest BCUT2D eigenvalue weighted by atomic mass is 16.5. The first-order valence-corrected chi connectivity index (χ1v) is 11.3. The van der Waals surface area contributed by atoms with Crippen LogP contribution in [0.5, 0.6) is 17.2 Å². The number of methoxy groups -OCH3 is 1. The minimum Gasteiger partial charge on any atom is -0.497 e. The number of carbonyl (C=O) groups is 3. The molecule has 7 heteroatoms. The van der Waals surface area contributed by atoms with Gasteiger partial charge >= 0.3 is 5.97 Å². The van der Waals surface area contributed by atoms with Crippen molar-refractivity contribution < 1.29 is 28.6 Å². The molecule has 0 N–H and O–H groups in total. The van der Waals surface area contributed by atoms with Crippen molar-refractivity contribution in [2.24, 2.45) is 5.92 Å². The van der Waals surface area contributed by atoms with E-state index < -0.39 is 11.9 Å². The zero-order chi connectivity index (χ0) is 24.9. The first-order chi connectivity index (χ1) is 16.8. The molecule has 3 aromatic rings. The molecule has 180 valence electrons. The molecule has 1 aliphatic rings. The molecular weight excluding hydrogens is 446 g/mol. The summed E-state index contributed by atoms with van der Waals surface area (Å²) in [4.78, 5) is 39.0. The normalized spacial score (nSPS) is 15.1. The number of rotatable bonds is 8. The lowest BCUT2D eigenvalue weighted by atomic mass is 10.1. The average molecular weight is 474 g/mol. The molecule has 1 aliphatic heterocycles. The summed E-state index contributed by atoms with van der Waals surface area (Å²) < 4.78 is 16.2. The monoisotopic (exact) mass is 473 g/mol. The number of hydrogen-bond donors (Lipinski definition) is 0. The van der Waals surface area contributed by atoms with Crippen LogP contribution in [-0.2, 0) is 14.3 Å². The van der Waals surface area contributed by atoms with E-state index in [-0.39, 0.29) is 31.3 Å². The van der Waals surface area contributed by atoms with Crippen LogP contribution in [0.1, 0.15) is 27.9 Å². The lowest BCUT2D eigenvalue weighted by molar-refractivity contribution is -0.147. The van der Waals surface area contributed by atoms with Gasteiger partial charge in [-0.3, -0.25) is 14.4 Å². The van der Waals surface area contributed by atoms with E-state index in [1.54, 1.807) is 53.4 Å². The Balaban J connectivity index is 1.33. The largest absolute Gasteiger partial charge is 0.497 e. The van der Waals surface area contributed by atoms with Gasteiger partial charge in [0.2, 0.25) is 5.91 Å². The lowest BCUT2D eigenvalue weighted by Crippen LogP contribution is -2.27. The topological polar surface area (TPSA) is 82.1 Å². The van der Waals surface area contributed by atoms with Gasteiger partial charge in [0.05, 0.1) is 13.0 Å². The molecule has 3 aromatic carbocycles. The summed E-state index contributed by atoms with van der Waals surface area (Å²) in [6.07, 6.45) is 0.0348. The molecule has 0 saturated carbocycles. The zero-order valence-electron chi connectivity index (χ0n) is 19.9. The Bertz CT molecular complexity index is 1250. The highest BCUT2D eigenvalue weighted by Crippen LogP contribution is 2.30. The number of carbonyl (C=O) groups excluding carboxylic acids is 3. The third-order valence-electron chi connectivity index (χ3n) is 6.06. The van der Waals surface area contributed by atoms with Crippen LogP contribution < -0.4 is 14.4 Å². The number of hydrogen-bond acceptors (Lipinski definition) is 6. The van der Waals surface area contributed by atoms with E-state index in [1.165, 1.54) is 12.7 Å². The fraction of sp³-hybridized carbons (Fsp3) is 0.250. The highest BCUT2D eigenvalue weighted by Gasteiger charge is 2.36. The van der Waals surface area contributed by atoms with Crippen LogP contribution in [-0.4, -0.2) is 37.9 Å². The maximum Gasteiger partial charge on any atom is 0.311 e. The van der Waals surface area contributed by atoms with Crippen molar-refractivity contribution in [1.29, 1.82) is 0 Å². The fourth-order valence-electron chi connectivity index (χ4n) is 3.86. The molecule has 1 heterocycles. The minimum absolute atomic E-state index is 0.0348. The van der Waals surface area contributed by atoms with E-state index >= 15 is 0 Å². The van der Waals surface area contributed by atoms with Crippen molar-refractivity contribution in [3.05, 3.63) is 83.4 Å². The molecule has 0 radical (unpaired) electrons. The number of aryl methyl sites for hydroxylation is 2. The first-order valence-electron chi connectivity index (χ1n) is 11.3. The van der Waals surface area contributed by atoms with E-state index in [0.717, 1.165) is 11.3 Å². The zero-order valence-corrected chi connectivity index (χ0v) is 19.9. The molecule has 0 spiro atoms. The number of benzene rings is 3. The van der Waals surface area contributed by atoms with Gasteiger partial charge < -0.3 is 19.1 Å². The van der Waals surface area contributed by atoms with E-state index in [0.29, 0.717) is 22.7 Å². The number of ether oxygens (including phenoxy) is 3. The molecule has 1 fully saturated rings. The maximum atomic E-state index is 12.6. The molecule has 0 bridgehead atoms. The summed E-state index contributed by atoms with van der Waals surface area (Å²) in [5.41, 5.74) is 3.40. The molecular formula is C28H27NO6. The second-order valence-electron chi connectivity index (χ2n) is 8.51. The van der Waals surface area contributed by atoms with Crippen LogP contribution in [0.3, 0.4) is 0 Å². The van der Waals surface area contributed by atoms with Gasteiger partial charge in [-0.25, -0.2) is 0 Å². The van der Waals surface area contributed by atoms with E-state index in [1.807, 2.05) is 32.0 Å². The van der Waals surface area contributed by atoms with Gasteiger partial charge in [-0.1, -0.05) is 18.2 Å². The third kappa shape index (κ3) is 5.69. The number of anilines is 1. The Kier molecular flexibility index (Phi) is 7.15. The van der Waals surface area contributed by atoms with Crippen LogP contribution in [0.4, 0.5) is 5.69 Å². The Morgan fingerprint density at radius 1 is 0.914 bits per heavy atom. The van der Waals surface area contributed by atoms with E-state index in [4.69, 9.17) is 14.2 Å². The number of ketones is 1. The van der Waals surface area contributed by atoms with Crippen molar-refractivity contribution in [1.82, 2.24) is 0 Å². The van der Waals surface area contributed by atoms with Crippen LogP contribution in [0.15, 0.2) is 66.7 Å². The highest BCUT2D eigenvalue weighted by molar-refractivity contribution is 6.01. The number of amides is 1. The third-order valence-corrected chi connectivity index (χ3v) is 6.06. The molecule has 35 heavy (non-hydrogen) atoms. The molecule has 1 saturated heterocycles. The van der Waals surface area contributed by atoms with Crippen LogP contribution >= 0.6 is 0 Å². The second-order valence-corrected chi connectivity index (χ2v) is 8.51. The summed E-state index contributed by atoms with van der Waals surface area (Å²) in [5.74, 6) is 0.232. The summed E-state index contributed by atoms with van der Waals surface area (Å²) in [6, 6.07) is 19.7. The van der Waals surface area contributed by atoms with Gasteiger partial charge in [-0.05, 0) is 73.5 Å². The Hall–Kier alpha value is -4.13. The quantitative estimate of drug-likeness (QED) is 0.343. The Morgan fingerprint density at radius 3 is 2.37 bits per heavy atom.